The first kappa shape index (κ1) is 50.0. The normalized spacial score (nSPS) is 13.9. The molecule has 4 aromatic carbocycles. The smallest absolute Gasteiger partial charge is 0.303 e. The van der Waals surface area contributed by atoms with Crippen LogP contribution in [0, 0.1) is 11.8 Å². The fourth-order valence-corrected chi connectivity index (χ4v) is 7.94. The molecule has 1 amide bonds. The number of hydrogen-bond acceptors (Lipinski definition) is 11. The maximum absolute atomic E-state index is 12.7. The minimum Gasteiger partial charge on any atom is -0.497 e. The third kappa shape index (κ3) is 14.0. The van der Waals surface area contributed by atoms with Crippen molar-refractivity contribution in [2.75, 3.05) is 40.4 Å². The summed E-state index contributed by atoms with van der Waals surface area (Å²) in [5.41, 5.74) is 2.46. The van der Waals surface area contributed by atoms with Crippen LogP contribution in [0.3, 0.4) is 0 Å². The number of methoxy groups -OCH3 is 2. The number of para-hydroxylation sites is 2. The molecule has 15 nitrogen and oxygen atoms in total. The van der Waals surface area contributed by atoms with Crippen molar-refractivity contribution < 1.29 is 33.8 Å². The number of fused-ring (bicyclic) bond motifs is 2. The van der Waals surface area contributed by atoms with E-state index in [9.17, 15) is 28.8 Å². The van der Waals surface area contributed by atoms with E-state index < -0.39 is 5.97 Å². The lowest BCUT2D eigenvalue weighted by molar-refractivity contribution is -0.137. The van der Waals surface area contributed by atoms with Crippen LogP contribution in [0.15, 0.2) is 107 Å². The number of carbonyl (C=O) groups is 4. The number of carbonyl (C=O) groups excluding carboxylic acids is 3. The highest BCUT2D eigenvalue weighted by Crippen LogP contribution is 2.24. The molecule has 2 aromatic heterocycles. The second-order valence-corrected chi connectivity index (χ2v) is 16.0. The monoisotopic (exact) mass is 900 g/mol. The maximum Gasteiger partial charge on any atom is 0.303 e. The van der Waals surface area contributed by atoms with E-state index in [-0.39, 0.29) is 54.3 Å². The molecule has 0 aliphatic carbocycles. The van der Waals surface area contributed by atoms with Gasteiger partial charge in [0.05, 0.1) is 36.0 Å². The van der Waals surface area contributed by atoms with Crippen LogP contribution in [0.2, 0.25) is 0 Å². The van der Waals surface area contributed by atoms with Crippen LogP contribution < -0.4 is 25.9 Å². The zero-order valence-corrected chi connectivity index (χ0v) is 36.8. The largest absolute Gasteiger partial charge is 0.497 e. The van der Waals surface area contributed by atoms with E-state index in [1.165, 1.54) is 0 Å². The Balaban J connectivity index is 0.000000203. The molecule has 0 radical (unpaired) electrons. The van der Waals surface area contributed by atoms with Gasteiger partial charge in [-0.05, 0) is 124 Å². The molecule has 2 aliphatic heterocycles. The number of aryl methyl sites for hydroxylation is 2. The number of amides is 1. The Morgan fingerprint density at radius 2 is 1.05 bits per heavy atom. The number of H-pyrrole nitrogens is 2. The van der Waals surface area contributed by atoms with Gasteiger partial charge in [0.25, 0.3) is 11.1 Å². The Bertz CT molecular complexity index is 2670. The number of aromatic amines is 2. The minimum absolute atomic E-state index is 0. The van der Waals surface area contributed by atoms with Crippen molar-refractivity contribution in [3.8, 4) is 11.5 Å². The summed E-state index contributed by atoms with van der Waals surface area (Å²) in [7, 11) is 3.23. The van der Waals surface area contributed by atoms with Crippen LogP contribution in [0.5, 0.6) is 11.5 Å². The fraction of sp³-hybridized carbons (Fsp3) is 0.373. The summed E-state index contributed by atoms with van der Waals surface area (Å²) in [6.45, 7) is 3.09. The highest BCUT2D eigenvalue weighted by Gasteiger charge is 2.28. The van der Waals surface area contributed by atoms with E-state index in [0.717, 1.165) is 43.0 Å². The number of nitrogens with zero attached hydrogens (tertiary/aromatic N) is 3. The van der Waals surface area contributed by atoms with E-state index in [4.69, 9.17) is 14.6 Å². The van der Waals surface area contributed by atoms with Crippen molar-refractivity contribution in [2.24, 2.45) is 11.8 Å². The molecule has 348 valence electrons. The van der Waals surface area contributed by atoms with E-state index in [2.05, 4.69) is 25.3 Å². The molecule has 0 atom stereocenters. The number of Topliss-reactive ketones (excluding diaryl/α,β-unsaturated/α-hetero) is 2. The molecular weight excluding hydrogens is 841 g/mol. The summed E-state index contributed by atoms with van der Waals surface area (Å²) in [4.78, 5) is 87.8. The maximum atomic E-state index is 12.7. The van der Waals surface area contributed by atoms with E-state index in [1.807, 2.05) is 53.4 Å². The zero-order chi connectivity index (χ0) is 46.1. The number of ether oxygens (including phenoxy) is 2. The number of piperidine rings is 2. The molecule has 0 saturated carbocycles. The lowest BCUT2D eigenvalue weighted by Gasteiger charge is -2.31. The quantitative estimate of drug-likeness (QED) is 0.0798. The Kier molecular flexibility index (Phi) is 18.9. The van der Waals surface area contributed by atoms with E-state index >= 15 is 0 Å². The van der Waals surface area contributed by atoms with Crippen molar-refractivity contribution in [1.82, 2.24) is 30.2 Å². The summed E-state index contributed by atoms with van der Waals surface area (Å²) in [6, 6.07) is 28.9. The second-order valence-electron chi connectivity index (χ2n) is 16.0. The molecule has 0 unspecified atom stereocenters. The Labute approximate surface area is 384 Å². The van der Waals surface area contributed by atoms with Crippen molar-refractivity contribution in [3.63, 3.8) is 0 Å². The molecule has 66 heavy (non-hydrogen) atoms. The first-order chi connectivity index (χ1) is 31.5. The predicted octanol–water partition coefficient (Wildman–Crippen LogP) is 7.22. The number of nitrogens with one attached hydrogen (secondary N) is 3. The predicted molar refractivity (Wildman–Crippen MR) is 255 cm³/mol. The highest BCUT2D eigenvalue weighted by atomic mass is 16.5. The van der Waals surface area contributed by atoms with Gasteiger partial charge in [-0.2, -0.15) is 0 Å². The van der Waals surface area contributed by atoms with Crippen LogP contribution in [-0.4, -0.2) is 93.8 Å². The molecule has 2 aliphatic rings. The van der Waals surface area contributed by atoms with Crippen LogP contribution in [0.1, 0.15) is 91.2 Å². The van der Waals surface area contributed by atoms with Gasteiger partial charge in [-0.15, -0.1) is 0 Å². The topological polar surface area (TPSA) is 214 Å². The third-order valence-corrected chi connectivity index (χ3v) is 11.6. The van der Waals surface area contributed by atoms with Gasteiger partial charge < -0.3 is 34.8 Å². The van der Waals surface area contributed by atoms with Crippen molar-refractivity contribution in [3.05, 3.63) is 141 Å². The molecule has 4 heterocycles. The zero-order valence-electron chi connectivity index (χ0n) is 36.8. The van der Waals surface area contributed by atoms with Crippen LogP contribution in [0.4, 0.5) is 0 Å². The van der Waals surface area contributed by atoms with Crippen LogP contribution >= 0.6 is 0 Å². The third-order valence-electron chi connectivity index (χ3n) is 11.6. The van der Waals surface area contributed by atoms with Gasteiger partial charge in [-0.1, -0.05) is 31.7 Å². The fourth-order valence-electron chi connectivity index (χ4n) is 7.94. The Morgan fingerprint density at radius 1 is 0.621 bits per heavy atom. The highest BCUT2D eigenvalue weighted by molar-refractivity contribution is 5.98. The average molecular weight is 901 g/mol. The van der Waals surface area contributed by atoms with Gasteiger partial charge >= 0.3 is 5.97 Å². The summed E-state index contributed by atoms with van der Waals surface area (Å²) in [5, 5.41) is 12.9. The van der Waals surface area contributed by atoms with E-state index in [1.54, 1.807) is 62.8 Å². The number of aliphatic carboxylic acids is 1. The first-order valence-electron chi connectivity index (χ1n) is 22.1. The standard InChI is InChI=1S/C25H27N3O4.C13H17NO2.C12H12N2O3.CH4/c1-32-19-11-9-17(10-12-19)24(30)18-13-15-28(16-14-18)23(29)8-4-7-22-26-21-6-3-2-5-20(21)25(31)27-22;1-16-12-4-2-10(3-5-12)13(15)11-6-8-14-9-7-11;15-11(16)7-3-6-10-13-9-5-2-1-4-8(9)12(17)14-10;/h2-3,5-6,9-12,18H,4,7-8,13-16H2,1H3,(H,26,27,31);2-5,11,14H,6-9H2,1H3;1-2,4-5H,3,6-7H2,(H,15,16)(H,13,14,17);1H4. The van der Waals surface area contributed by atoms with Crippen molar-refractivity contribution >= 4 is 45.2 Å². The number of carboxylic acids is 1. The van der Waals surface area contributed by atoms with Gasteiger partial charge in [0.1, 0.15) is 23.1 Å². The average Bonchev–Trinajstić information content (AvgIpc) is 3.34. The summed E-state index contributed by atoms with van der Waals surface area (Å²) < 4.78 is 10.2. The Morgan fingerprint density at radius 3 is 1.48 bits per heavy atom. The van der Waals surface area contributed by atoms with Crippen LogP contribution in [-0.2, 0) is 22.4 Å². The van der Waals surface area contributed by atoms with Gasteiger partial charge in [0.2, 0.25) is 5.91 Å². The molecule has 0 bridgehead atoms. The van der Waals surface area contributed by atoms with Gasteiger partial charge in [-0.3, -0.25) is 28.8 Å². The van der Waals surface area contributed by atoms with Gasteiger partial charge in [0.15, 0.2) is 11.6 Å². The number of rotatable bonds is 14. The van der Waals surface area contributed by atoms with Gasteiger partial charge in [0, 0.05) is 61.7 Å². The van der Waals surface area contributed by atoms with Crippen molar-refractivity contribution in [2.45, 2.75) is 71.6 Å². The molecule has 15 heteroatoms. The number of hydrogen-bond donors (Lipinski definition) is 4. The van der Waals surface area contributed by atoms with E-state index in [0.29, 0.717) is 97.1 Å². The SMILES string of the molecule is C.COc1ccc(C(=O)C2CCN(C(=O)CCCc3nc4ccccc4c(=O)[nH]3)CC2)cc1.COc1ccc(C(=O)C2CCNCC2)cc1.O=C(O)CCCc1nc2ccccc2c(=O)[nH]1. The van der Waals surface area contributed by atoms with Crippen LogP contribution in [0.25, 0.3) is 21.8 Å². The lowest BCUT2D eigenvalue weighted by Crippen LogP contribution is -2.40. The molecule has 4 N–H and O–H groups in total. The molecule has 2 fully saturated rings. The number of carboxylic acid groups (broad SMARTS) is 1. The molecular formula is C51H60N6O9. The molecule has 2 saturated heterocycles. The summed E-state index contributed by atoms with van der Waals surface area (Å²) >= 11 is 0. The summed E-state index contributed by atoms with van der Waals surface area (Å²) in [5.74, 6) is 2.44. The number of ketones is 2. The number of aromatic nitrogens is 4. The molecule has 0 spiro atoms. The minimum atomic E-state index is -0.840. The Hall–Kier alpha value is -7.00. The summed E-state index contributed by atoms with van der Waals surface area (Å²) in [6.07, 6.45) is 5.82. The molecule has 8 rings (SSSR count). The lowest BCUT2D eigenvalue weighted by atomic mass is 9.88. The van der Waals surface area contributed by atoms with Crippen molar-refractivity contribution in [1.29, 1.82) is 0 Å². The first-order valence-corrected chi connectivity index (χ1v) is 22.1. The van der Waals surface area contributed by atoms with Gasteiger partial charge in [-0.25, -0.2) is 9.97 Å². The number of likely N-dealkylation sites (tertiary alicyclic amines) is 1. The molecule has 6 aromatic rings. The number of benzene rings is 4. The second kappa shape index (κ2) is 24.9.